The van der Waals surface area contributed by atoms with Crippen molar-refractivity contribution in [1.82, 2.24) is 30.5 Å². The molecule has 4 amide bonds. The van der Waals surface area contributed by atoms with Gasteiger partial charge in [0, 0.05) is 36.7 Å². The molecule has 3 heterocycles. The molecule has 5 rings (SSSR count). The Kier molecular flexibility index (Phi) is 5.16. The molecule has 1 saturated heterocycles. The molecule has 0 radical (unpaired) electrons. The van der Waals surface area contributed by atoms with Gasteiger partial charge in [-0.3, -0.25) is 14.9 Å². The van der Waals surface area contributed by atoms with E-state index in [0.29, 0.717) is 17.3 Å². The third kappa shape index (κ3) is 4.36. The van der Waals surface area contributed by atoms with Gasteiger partial charge in [-0.1, -0.05) is 0 Å². The fraction of sp³-hybridized carbons (Fsp3) is 0.476. The summed E-state index contributed by atoms with van der Waals surface area (Å²) in [4.78, 5) is 39.4. The van der Waals surface area contributed by atoms with E-state index in [9.17, 15) is 14.4 Å². The largest absolute Gasteiger partial charge is 0.367 e. The predicted molar refractivity (Wildman–Crippen MR) is 118 cm³/mol. The van der Waals surface area contributed by atoms with E-state index in [4.69, 9.17) is 4.98 Å². The van der Waals surface area contributed by atoms with Crippen molar-refractivity contribution in [3.05, 3.63) is 23.5 Å². The summed E-state index contributed by atoms with van der Waals surface area (Å²) in [6, 6.07) is 2.33. The third-order valence-corrected chi connectivity index (χ3v) is 5.93. The number of anilines is 2. The summed E-state index contributed by atoms with van der Waals surface area (Å²) in [6.07, 6.45) is 9.16. The van der Waals surface area contributed by atoms with Crippen molar-refractivity contribution in [1.29, 1.82) is 0 Å². The van der Waals surface area contributed by atoms with E-state index in [1.807, 2.05) is 6.07 Å². The topological polar surface area (TPSA) is 142 Å². The normalized spacial score (nSPS) is 24.3. The number of aromatic nitrogens is 3. The molecule has 0 bridgehead atoms. The standard InChI is InChI=1S/C21H26N8O3/c1-11(30)23-13-2-4-14(5-3-13)24-17-9-18(25-15-6-7-15)29-19(27-17)12(10-22-29)8-16-20(31)28-21(32)26-16/h8-10,13-15,25H,2-7H2,1H3,(H,23,30)(H,24,27)(H2,26,28,31,32). The molecule has 0 spiro atoms. The number of rotatable bonds is 6. The lowest BCUT2D eigenvalue weighted by Crippen LogP contribution is -2.39. The van der Waals surface area contributed by atoms with Gasteiger partial charge in [-0.25, -0.2) is 9.78 Å². The van der Waals surface area contributed by atoms with E-state index in [1.165, 1.54) is 0 Å². The highest BCUT2D eigenvalue weighted by Crippen LogP contribution is 2.29. The summed E-state index contributed by atoms with van der Waals surface area (Å²) >= 11 is 0. The molecule has 0 atom stereocenters. The number of hydrogen-bond donors (Lipinski definition) is 5. The molecule has 3 aliphatic rings. The van der Waals surface area contributed by atoms with E-state index < -0.39 is 11.9 Å². The van der Waals surface area contributed by atoms with Crippen LogP contribution in [0.4, 0.5) is 16.4 Å². The smallest absolute Gasteiger partial charge is 0.326 e. The Hall–Kier alpha value is -3.63. The second-order valence-corrected chi connectivity index (χ2v) is 8.64. The zero-order valence-corrected chi connectivity index (χ0v) is 17.8. The first-order chi connectivity index (χ1) is 15.4. The molecule has 0 aromatic carbocycles. The van der Waals surface area contributed by atoms with Gasteiger partial charge in [-0.05, 0) is 44.6 Å². The Balaban J connectivity index is 1.40. The minimum absolute atomic E-state index is 0.0128. The van der Waals surface area contributed by atoms with Crippen molar-refractivity contribution < 1.29 is 14.4 Å². The van der Waals surface area contributed by atoms with Crippen LogP contribution >= 0.6 is 0 Å². The summed E-state index contributed by atoms with van der Waals surface area (Å²) in [6.45, 7) is 1.55. The quantitative estimate of drug-likeness (QED) is 0.338. The minimum Gasteiger partial charge on any atom is -0.367 e. The van der Waals surface area contributed by atoms with E-state index in [0.717, 1.165) is 50.2 Å². The molecule has 32 heavy (non-hydrogen) atoms. The van der Waals surface area contributed by atoms with Gasteiger partial charge in [-0.2, -0.15) is 9.61 Å². The Morgan fingerprint density at radius 3 is 2.41 bits per heavy atom. The maximum Gasteiger partial charge on any atom is 0.326 e. The van der Waals surface area contributed by atoms with Gasteiger partial charge in [0.15, 0.2) is 5.65 Å². The van der Waals surface area contributed by atoms with Gasteiger partial charge < -0.3 is 21.3 Å². The van der Waals surface area contributed by atoms with E-state index >= 15 is 0 Å². The van der Waals surface area contributed by atoms with Crippen molar-refractivity contribution in [2.24, 2.45) is 0 Å². The van der Waals surface area contributed by atoms with Crippen LogP contribution in [0.15, 0.2) is 18.0 Å². The van der Waals surface area contributed by atoms with Gasteiger partial charge >= 0.3 is 6.03 Å². The van der Waals surface area contributed by atoms with Gasteiger partial charge in [0.05, 0.1) is 6.20 Å². The molecule has 2 saturated carbocycles. The second-order valence-electron chi connectivity index (χ2n) is 8.64. The van der Waals surface area contributed by atoms with Crippen molar-refractivity contribution in [2.45, 2.75) is 63.6 Å². The maximum atomic E-state index is 11.9. The number of nitrogens with zero attached hydrogens (tertiary/aromatic N) is 3. The summed E-state index contributed by atoms with van der Waals surface area (Å²) in [5.74, 6) is 1.09. The highest BCUT2D eigenvalue weighted by atomic mass is 16.2. The highest BCUT2D eigenvalue weighted by Gasteiger charge is 2.26. The number of imide groups is 1. The average Bonchev–Trinajstić information content (AvgIpc) is 3.38. The van der Waals surface area contributed by atoms with E-state index in [-0.39, 0.29) is 23.7 Å². The average molecular weight is 438 g/mol. The van der Waals surface area contributed by atoms with Crippen molar-refractivity contribution in [2.75, 3.05) is 10.6 Å². The van der Waals surface area contributed by atoms with Crippen LogP contribution in [0.3, 0.4) is 0 Å². The number of nitrogens with one attached hydrogen (secondary N) is 5. The number of carbonyl (C=O) groups excluding carboxylic acids is 3. The Morgan fingerprint density at radius 1 is 1.06 bits per heavy atom. The zero-order chi connectivity index (χ0) is 22.2. The number of fused-ring (bicyclic) bond motifs is 1. The number of amides is 4. The molecule has 0 unspecified atom stereocenters. The van der Waals surface area contributed by atoms with Crippen LogP contribution < -0.4 is 26.6 Å². The fourth-order valence-corrected chi connectivity index (χ4v) is 4.21. The molecule has 2 aliphatic carbocycles. The number of hydrogen-bond acceptors (Lipinski definition) is 7. The predicted octanol–water partition coefficient (Wildman–Crippen LogP) is 1.34. The summed E-state index contributed by atoms with van der Waals surface area (Å²) < 4.78 is 1.72. The Bertz CT molecular complexity index is 1110. The minimum atomic E-state index is -0.543. The zero-order valence-electron chi connectivity index (χ0n) is 17.8. The third-order valence-electron chi connectivity index (χ3n) is 5.93. The Morgan fingerprint density at radius 2 is 1.75 bits per heavy atom. The number of urea groups is 1. The van der Waals surface area contributed by atoms with Gasteiger partial charge in [0.25, 0.3) is 5.91 Å². The fourth-order valence-electron chi connectivity index (χ4n) is 4.21. The van der Waals surface area contributed by atoms with Crippen LogP contribution in [-0.2, 0) is 9.59 Å². The lowest BCUT2D eigenvalue weighted by Gasteiger charge is -2.29. The lowest BCUT2D eigenvalue weighted by molar-refractivity contribution is -0.120. The van der Waals surface area contributed by atoms with Crippen LogP contribution in [0, 0.1) is 0 Å². The summed E-state index contributed by atoms with van der Waals surface area (Å²) in [5, 5.41) is 19.2. The first-order valence-corrected chi connectivity index (χ1v) is 11.0. The molecular weight excluding hydrogens is 412 g/mol. The van der Waals surface area contributed by atoms with Crippen LogP contribution in [0.1, 0.15) is 51.0 Å². The molecule has 1 aliphatic heterocycles. The van der Waals surface area contributed by atoms with Crippen LogP contribution in [0.5, 0.6) is 0 Å². The Labute approximate surface area is 184 Å². The van der Waals surface area contributed by atoms with Gasteiger partial charge in [0.2, 0.25) is 5.91 Å². The summed E-state index contributed by atoms with van der Waals surface area (Å²) in [7, 11) is 0. The van der Waals surface area contributed by atoms with Gasteiger partial charge in [-0.15, -0.1) is 0 Å². The number of carbonyl (C=O) groups is 3. The van der Waals surface area contributed by atoms with E-state index in [2.05, 4.69) is 31.7 Å². The first kappa shape index (κ1) is 20.3. The molecule has 2 aromatic rings. The van der Waals surface area contributed by atoms with Crippen molar-refractivity contribution in [3.63, 3.8) is 0 Å². The maximum absolute atomic E-state index is 11.9. The van der Waals surface area contributed by atoms with Crippen LogP contribution in [0.2, 0.25) is 0 Å². The lowest BCUT2D eigenvalue weighted by atomic mass is 9.91. The second kappa shape index (κ2) is 8.13. The first-order valence-electron chi connectivity index (χ1n) is 11.0. The monoisotopic (exact) mass is 438 g/mol. The van der Waals surface area contributed by atoms with Crippen molar-refractivity contribution in [3.8, 4) is 0 Å². The van der Waals surface area contributed by atoms with Crippen LogP contribution in [-0.4, -0.2) is 50.6 Å². The molecule has 5 N–H and O–H groups in total. The van der Waals surface area contributed by atoms with E-state index in [1.54, 1.807) is 23.7 Å². The van der Waals surface area contributed by atoms with Gasteiger partial charge in [0.1, 0.15) is 17.3 Å². The van der Waals surface area contributed by atoms with Crippen molar-refractivity contribution >= 4 is 41.2 Å². The van der Waals surface area contributed by atoms with Crippen LogP contribution in [0.25, 0.3) is 11.7 Å². The molecule has 3 fully saturated rings. The SMILES string of the molecule is CC(=O)NC1CCC(Nc2cc(NC3CC3)n3ncc(C=C4NC(=O)NC4=O)c3n2)CC1. The molecule has 11 heteroatoms. The molecule has 11 nitrogen and oxygen atoms in total. The highest BCUT2D eigenvalue weighted by molar-refractivity contribution is 6.14. The molecule has 2 aromatic heterocycles. The molecule has 168 valence electrons. The summed E-state index contributed by atoms with van der Waals surface area (Å²) in [5.41, 5.74) is 1.39. The molecular formula is C21H26N8O3.